The molecule has 2 aromatic carbocycles. The van der Waals surface area contributed by atoms with Gasteiger partial charge in [-0.2, -0.15) is 0 Å². The minimum atomic E-state index is -0.276. The van der Waals surface area contributed by atoms with Crippen molar-refractivity contribution in [3.63, 3.8) is 0 Å². The fraction of sp³-hybridized carbons (Fsp3) is 0.294. The highest BCUT2D eigenvalue weighted by Crippen LogP contribution is 2.33. The molecule has 2 nitrogen and oxygen atoms in total. The van der Waals surface area contributed by atoms with Gasteiger partial charge in [0.15, 0.2) is 0 Å². The van der Waals surface area contributed by atoms with Crippen LogP contribution >= 0.6 is 11.6 Å². The number of halogens is 2. The Morgan fingerprint density at radius 1 is 1.29 bits per heavy atom. The molecule has 21 heavy (non-hydrogen) atoms. The third kappa shape index (κ3) is 2.89. The second-order valence-corrected chi connectivity index (χ2v) is 5.53. The summed E-state index contributed by atoms with van der Waals surface area (Å²) >= 11 is 6.26. The molecule has 0 aliphatic carbocycles. The number of rotatable bonds is 4. The zero-order valence-electron chi connectivity index (χ0n) is 11.8. The summed E-state index contributed by atoms with van der Waals surface area (Å²) in [5, 5.41) is 3.95. The van der Waals surface area contributed by atoms with Crippen LogP contribution in [0.15, 0.2) is 36.4 Å². The van der Waals surface area contributed by atoms with Crippen LogP contribution in [0.25, 0.3) is 0 Å². The van der Waals surface area contributed by atoms with Gasteiger partial charge in [-0.25, -0.2) is 4.39 Å². The SMILES string of the molecule is CCNC(c1ccc2c(c1)CCO2)c1cc(F)ccc1Cl. The Hall–Kier alpha value is -1.58. The third-order valence-corrected chi connectivity index (χ3v) is 4.07. The minimum absolute atomic E-state index is 0.121. The van der Waals surface area contributed by atoms with Gasteiger partial charge in [-0.3, -0.25) is 0 Å². The monoisotopic (exact) mass is 305 g/mol. The molecule has 1 heterocycles. The first-order valence-electron chi connectivity index (χ1n) is 7.13. The summed E-state index contributed by atoms with van der Waals surface area (Å²) in [7, 11) is 0. The van der Waals surface area contributed by atoms with E-state index >= 15 is 0 Å². The molecule has 1 aliphatic heterocycles. The zero-order valence-corrected chi connectivity index (χ0v) is 12.6. The molecule has 0 saturated carbocycles. The summed E-state index contributed by atoms with van der Waals surface area (Å²) in [6, 6.07) is 10.5. The van der Waals surface area contributed by atoms with Crippen molar-refractivity contribution in [1.29, 1.82) is 0 Å². The molecule has 0 aromatic heterocycles. The predicted octanol–water partition coefficient (Wildman–Crippen LogP) is 4.11. The Morgan fingerprint density at radius 2 is 2.14 bits per heavy atom. The number of benzene rings is 2. The summed E-state index contributed by atoms with van der Waals surface area (Å²) < 4.78 is 19.1. The maximum Gasteiger partial charge on any atom is 0.123 e. The molecule has 3 rings (SSSR count). The van der Waals surface area contributed by atoms with Gasteiger partial charge in [-0.1, -0.05) is 30.7 Å². The first-order valence-corrected chi connectivity index (χ1v) is 7.51. The minimum Gasteiger partial charge on any atom is -0.493 e. The molecular formula is C17H17ClFNO. The van der Waals surface area contributed by atoms with Gasteiger partial charge in [0.2, 0.25) is 0 Å². The number of fused-ring (bicyclic) bond motifs is 1. The topological polar surface area (TPSA) is 21.3 Å². The Balaban J connectivity index is 2.03. The summed E-state index contributed by atoms with van der Waals surface area (Å²) in [5.41, 5.74) is 3.04. The number of hydrogen-bond acceptors (Lipinski definition) is 2. The fourth-order valence-corrected chi connectivity index (χ4v) is 2.96. The van der Waals surface area contributed by atoms with Crippen molar-refractivity contribution in [1.82, 2.24) is 5.32 Å². The molecule has 1 atom stereocenters. The van der Waals surface area contributed by atoms with Crippen molar-refractivity contribution in [2.24, 2.45) is 0 Å². The maximum absolute atomic E-state index is 13.6. The van der Waals surface area contributed by atoms with Crippen LogP contribution in [0.3, 0.4) is 0 Å². The Bertz CT molecular complexity index is 659. The standard InChI is InChI=1S/C17H17ClFNO/c1-2-20-17(14-10-13(19)4-5-15(14)18)12-3-6-16-11(9-12)7-8-21-16/h3-6,9-10,17,20H,2,7-8H2,1H3. The van der Waals surface area contributed by atoms with Crippen molar-refractivity contribution in [3.8, 4) is 5.75 Å². The van der Waals surface area contributed by atoms with E-state index in [4.69, 9.17) is 16.3 Å². The van der Waals surface area contributed by atoms with E-state index in [0.29, 0.717) is 5.02 Å². The Morgan fingerprint density at radius 3 is 2.95 bits per heavy atom. The Kier molecular flexibility index (Phi) is 4.13. The van der Waals surface area contributed by atoms with Gasteiger partial charge < -0.3 is 10.1 Å². The number of ether oxygens (including phenoxy) is 1. The van der Waals surface area contributed by atoms with Crippen LogP contribution in [0.2, 0.25) is 5.02 Å². The van der Waals surface area contributed by atoms with Crippen LogP contribution in [0.5, 0.6) is 5.75 Å². The van der Waals surface area contributed by atoms with Crippen LogP contribution in [-0.2, 0) is 6.42 Å². The highest BCUT2D eigenvalue weighted by atomic mass is 35.5. The average molecular weight is 306 g/mol. The van der Waals surface area contributed by atoms with E-state index in [2.05, 4.69) is 11.4 Å². The molecule has 0 saturated heterocycles. The lowest BCUT2D eigenvalue weighted by atomic mass is 9.96. The van der Waals surface area contributed by atoms with E-state index in [-0.39, 0.29) is 11.9 Å². The van der Waals surface area contributed by atoms with E-state index in [0.717, 1.165) is 36.4 Å². The molecule has 2 aromatic rings. The van der Waals surface area contributed by atoms with Crippen molar-refractivity contribution >= 4 is 11.6 Å². The van der Waals surface area contributed by atoms with E-state index in [1.807, 2.05) is 19.1 Å². The predicted molar refractivity (Wildman–Crippen MR) is 82.6 cm³/mol. The molecule has 0 amide bonds. The molecule has 4 heteroatoms. The van der Waals surface area contributed by atoms with Gasteiger partial charge in [0.25, 0.3) is 0 Å². The molecular weight excluding hydrogens is 289 g/mol. The van der Waals surface area contributed by atoms with Crippen LogP contribution < -0.4 is 10.1 Å². The maximum atomic E-state index is 13.6. The van der Waals surface area contributed by atoms with E-state index in [9.17, 15) is 4.39 Å². The van der Waals surface area contributed by atoms with Crippen molar-refractivity contribution < 1.29 is 9.13 Å². The highest BCUT2D eigenvalue weighted by Gasteiger charge is 2.20. The number of hydrogen-bond donors (Lipinski definition) is 1. The first kappa shape index (κ1) is 14.4. The van der Waals surface area contributed by atoms with E-state index in [1.165, 1.54) is 17.7 Å². The lowest BCUT2D eigenvalue weighted by Crippen LogP contribution is -2.22. The Labute approximate surface area is 128 Å². The summed E-state index contributed by atoms with van der Waals surface area (Å²) in [4.78, 5) is 0. The lowest BCUT2D eigenvalue weighted by molar-refractivity contribution is 0.357. The quantitative estimate of drug-likeness (QED) is 0.917. The first-order chi connectivity index (χ1) is 10.2. The second kappa shape index (κ2) is 6.04. The largest absolute Gasteiger partial charge is 0.493 e. The second-order valence-electron chi connectivity index (χ2n) is 5.12. The molecule has 1 N–H and O–H groups in total. The number of nitrogens with one attached hydrogen (secondary N) is 1. The zero-order chi connectivity index (χ0) is 14.8. The van der Waals surface area contributed by atoms with Crippen LogP contribution in [0.4, 0.5) is 4.39 Å². The van der Waals surface area contributed by atoms with Crippen LogP contribution in [-0.4, -0.2) is 13.2 Å². The molecule has 1 unspecified atom stereocenters. The van der Waals surface area contributed by atoms with Gasteiger partial charge in [0, 0.05) is 11.4 Å². The smallest absolute Gasteiger partial charge is 0.123 e. The van der Waals surface area contributed by atoms with E-state index in [1.54, 1.807) is 6.07 Å². The van der Waals surface area contributed by atoms with Crippen molar-refractivity contribution in [3.05, 3.63) is 63.9 Å². The normalized spacial score (nSPS) is 14.6. The highest BCUT2D eigenvalue weighted by molar-refractivity contribution is 6.31. The van der Waals surface area contributed by atoms with Gasteiger partial charge in [0.1, 0.15) is 11.6 Å². The molecule has 0 fully saturated rings. The summed E-state index contributed by atoms with van der Waals surface area (Å²) in [5.74, 6) is 0.668. The molecule has 0 spiro atoms. The van der Waals surface area contributed by atoms with Gasteiger partial charge >= 0.3 is 0 Å². The summed E-state index contributed by atoms with van der Waals surface area (Å²) in [6.07, 6.45) is 0.916. The van der Waals surface area contributed by atoms with Crippen molar-refractivity contribution in [2.75, 3.05) is 13.2 Å². The third-order valence-electron chi connectivity index (χ3n) is 3.72. The lowest BCUT2D eigenvalue weighted by Gasteiger charge is -2.21. The van der Waals surface area contributed by atoms with Crippen molar-refractivity contribution in [2.45, 2.75) is 19.4 Å². The molecule has 0 bridgehead atoms. The summed E-state index contributed by atoms with van der Waals surface area (Å²) in [6.45, 7) is 3.52. The molecule has 1 aliphatic rings. The molecule has 0 radical (unpaired) electrons. The van der Waals surface area contributed by atoms with Gasteiger partial charge in [0.05, 0.1) is 12.6 Å². The van der Waals surface area contributed by atoms with Crippen LogP contribution in [0.1, 0.15) is 29.7 Å². The average Bonchev–Trinajstić information content (AvgIpc) is 2.95. The van der Waals surface area contributed by atoms with Crippen LogP contribution in [0, 0.1) is 5.82 Å². The fourth-order valence-electron chi connectivity index (χ4n) is 2.73. The van der Waals surface area contributed by atoms with Gasteiger partial charge in [-0.15, -0.1) is 0 Å². The molecule has 110 valence electrons. The van der Waals surface area contributed by atoms with E-state index < -0.39 is 0 Å². The van der Waals surface area contributed by atoms with Gasteiger partial charge in [-0.05, 0) is 47.5 Å².